The van der Waals surface area contributed by atoms with E-state index in [1.54, 1.807) is 0 Å². The first-order valence-corrected chi connectivity index (χ1v) is 7.16. The highest BCUT2D eigenvalue weighted by molar-refractivity contribution is 5.83. The molecule has 0 heterocycles. The molecular formula is C14H26N2O. The molecule has 0 aromatic heterocycles. The van der Waals surface area contributed by atoms with Gasteiger partial charge in [0, 0.05) is 13.1 Å². The number of carbonyl (C=O) groups excluding carboxylic acids is 1. The molecule has 0 aliphatic heterocycles. The predicted molar refractivity (Wildman–Crippen MR) is 69.5 cm³/mol. The molecule has 17 heavy (non-hydrogen) atoms. The number of carbonyl (C=O) groups is 1. The Hall–Kier alpha value is -0.570. The van der Waals surface area contributed by atoms with Gasteiger partial charge in [0.1, 0.15) is 0 Å². The molecule has 2 unspecified atom stereocenters. The minimum absolute atomic E-state index is 0.223. The van der Waals surface area contributed by atoms with Crippen molar-refractivity contribution in [3.63, 3.8) is 0 Å². The Morgan fingerprint density at radius 3 is 2.35 bits per heavy atom. The van der Waals surface area contributed by atoms with Gasteiger partial charge in [-0.1, -0.05) is 32.6 Å². The van der Waals surface area contributed by atoms with E-state index in [9.17, 15) is 4.79 Å². The van der Waals surface area contributed by atoms with Gasteiger partial charge in [0.2, 0.25) is 5.91 Å². The van der Waals surface area contributed by atoms with Crippen LogP contribution in [0.25, 0.3) is 0 Å². The standard InChI is InChI=1S/C14H26N2O/c1-11-8-12(11)9-16-13(17)14(10-15)6-4-2-3-5-7-14/h11-12H,2-10,15H2,1H3,(H,16,17). The molecule has 2 rings (SSSR count). The summed E-state index contributed by atoms with van der Waals surface area (Å²) in [4.78, 5) is 12.4. The van der Waals surface area contributed by atoms with Crippen molar-refractivity contribution >= 4 is 5.91 Å². The summed E-state index contributed by atoms with van der Waals surface area (Å²) in [5, 5.41) is 3.15. The Bertz CT molecular complexity index is 269. The summed E-state index contributed by atoms with van der Waals surface area (Å²) < 4.78 is 0. The lowest BCUT2D eigenvalue weighted by molar-refractivity contribution is -0.131. The molecule has 2 saturated carbocycles. The van der Waals surface area contributed by atoms with Crippen molar-refractivity contribution in [2.24, 2.45) is 23.0 Å². The zero-order valence-electron chi connectivity index (χ0n) is 11.0. The van der Waals surface area contributed by atoms with Crippen LogP contribution in [0.4, 0.5) is 0 Å². The van der Waals surface area contributed by atoms with Gasteiger partial charge in [-0.15, -0.1) is 0 Å². The summed E-state index contributed by atoms with van der Waals surface area (Å²) >= 11 is 0. The van der Waals surface area contributed by atoms with Gasteiger partial charge in [-0.3, -0.25) is 4.79 Å². The molecule has 2 aliphatic carbocycles. The summed E-state index contributed by atoms with van der Waals surface area (Å²) in [5.41, 5.74) is 5.64. The number of nitrogens with two attached hydrogens (primary N) is 1. The third-order valence-corrected chi connectivity index (χ3v) is 4.73. The Morgan fingerprint density at radius 1 is 1.29 bits per heavy atom. The second-order valence-electron chi connectivity index (χ2n) is 6.08. The highest BCUT2D eigenvalue weighted by Crippen LogP contribution is 2.38. The summed E-state index contributed by atoms with van der Waals surface area (Å²) in [6.45, 7) is 3.63. The third-order valence-electron chi connectivity index (χ3n) is 4.73. The molecule has 0 spiro atoms. The van der Waals surface area contributed by atoms with Gasteiger partial charge in [-0.2, -0.15) is 0 Å². The average Bonchev–Trinajstić information content (AvgIpc) is 3.08. The van der Waals surface area contributed by atoms with Gasteiger partial charge in [-0.05, 0) is 31.1 Å². The van der Waals surface area contributed by atoms with Crippen LogP contribution in [-0.2, 0) is 4.79 Å². The molecule has 0 bridgehead atoms. The molecule has 98 valence electrons. The molecular weight excluding hydrogens is 212 g/mol. The number of rotatable bonds is 4. The van der Waals surface area contributed by atoms with Gasteiger partial charge < -0.3 is 11.1 Å². The molecule has 2 atom stereocenters. The number of hydrogen-bond acceptors (Lipinski definition) is 2. The molecule has 0 aromatic rings. The van der Waals surface area contributed by atoms with E-state index in [1.807, 2.05) is 0 Å². The van der Waals surface area contributed by atoms with Crippen LogP contribution < -0.4 is 11.1 Å². The Balaban J connectivity index is 1.88. The van der Waals surface area contributed by atoms with Crippen molar-refractivity contribution in [2.75, 3.05) is 13.1 Å². The average molecular weight is 238 g/mol. The van der Waals surface area contributed by atoms with Crippen molar-refractivity contribution in [3.8, 4) is 0 Å². The normalized spacial score (nSPS) is 31.6. The molecule has 0 saturated heterocycles. The highest BCUT2D eigenvalue weighted by Gasteiger charge is 2.39. The fraction of sp³-hybridized carbons (Fsp3) is 0.929. The van der Waals surface area contributed by atoms with Crippen LogP contribution in [0.2, 0.25) is 0 Å². The number of nitrogens with one attached hydrogen (secondary N) is 1. The first kappa shape index (κ1) is 12.9. The molecule has 0 aromatic carbocycles. The van der Waals surface area contributed by atoms with E-state index < -0.39 is 0 Å². The SMILES string of the molecule is CC1CC1CNC(=O)C1(CN)CCCCCC1. The third kappa shape index (κ3) is 3.01. The van der Waals surface area contributed by atoms with E-state index in [1.165, 1.54) is 19.3 Å². The lowest BCUT2D eigenvalue weighted by atomic mass is 9.79. The van der Waals surface area contributed by atoms with E-state index in [0.29, 0.717) is 6.54 Å². The van der Waals surface area contributed by atoms with Crippen molar-refractivity contribution in [2.45, 2.75) is 51.9 Å². The topological polar surface area (TPSA) is 55.1 Å². The van der Waals surface area contributed by atoms with E-state index in [4.69, 9.17) is 5.73 Å². The van der Waals surface area contributed by atoms with E-state index in [2.05, 4.69) is 12.2 Å². The van der Waals surface area contributed by atoms with Crippen LogP contribution in [0.3, 0.4) is 0 Å². The quantitative estimate of drug-likeness (QED) is 0.737. The van der Waals surface area contributed by atoms with Crippen LogP contribution in [0, 0.1) is 17.3 Å². The van der Waals surface area contributed by atoms with E-state index in [-0.39, 0.29) is 11.3 Å². The van der Waals surface area contributed by atoms with Gasteiger partial charge in [0.25, 0.3) is 0 Å². The summed E-state index contributed by atoms with van der Waals surface area (Å²) in [5.74, 6) is 1.75. The molecule has 2 aliphatic rings. The van der Waals surface area contributed by atoms with Crippen LogP contribution in [-0.4, -0.2) is 19.0 Å². The summed E-state index contributed by atoms with van der Waals surface area (Å²) in [6, 6.07) is 0. The molecule has 3 N–H and O–H groups in total. The lowest BCUT2D eigenvalue weighted by Crippen LogP contribution is -2.46. The van der Waals surface area contributed by atoms with Gasteiger partial charge in [-0.25, -0.2) is 0 Å². The summed E-state index contributed by atoms with van der Waals surface area (Å²) in [7, 11) is 0. The second kappa shape index (κ2) is 5.38. The predicted octanol–water partition coefficient (Wildman–Crippen LogP) is 2.06. The smallest absolute Gasteiger partial charge is 0.227 e. The maximum absolute atomic E-state index is 12.4. The van der Waals surface area contributed by atoms with Crippen molar-refractivity contribution in [1.82, 2.24) is 5.32 Å². The first-order valence-electron chi connectivity index (χ1n) is 7.16. The highest BCUT2D eigenvalue weighted by atomic mass is 16.2. The second-order valence-corrected chi connectivity index (χ2v) is 6.08. The van der Waals surface area contributed by atoms with Crippen LogP contribution in [0.15, 0.2) is 0 Å². The molecule has 3 heteroatoms. The number of hydrogen-bond donors (Lipinski definition) is 2. The van der Waals surface area contributed by atoms with E-state index >= 15 is 0 Å². The van der Waals surface area contributed by atoms with Crippen LogP contribution in [0.1, 0.15) is 51.9 Å². The van der Waals surface area contributed by atoms with Gasteiger partial charge in [0.05, 0.1) is 5.41 Å². The Kier molecular flexibility index (Phi) is 4.08. The summed E-state index contributed by atoms with van der Waals surface area (Å²) in [6.07, 6.45) is 8.07. The Morgan fingerprint density at radius 2 is 1.88 bits per heavy atom. The molecule has 3 nitrogen and oxygen atoms in total. The maximum Gasteiger partial charge on any atom is 0.227 e. The van der Waals surface area contributed by atoms with E-state index in [0.717, 1.165) is 44.1 Å². The van der Waals surface area contributed by atoms with Crippen LogP contribution >= 0.6 is 0 Å². The van der Waals surface area contributed by atoms with Gasteiger partial charge >= 0.3 is 0 Å². The molecule has 2 fully saturated rings. The first-order chi connectivity index (χ1) is 8.18. The zero-order chi connectivity index (χ0) is 12.3. The van der Waals surface area contributed by atoms with Crippen LogP contribution in [0.5, 0.6) is 0 Å². The molecule has 1 amide bonds. The maximum atomic E-state index is 12.4. The van der Waals surface area contributed by atoms with Crippen molar-refractivity contribution in [3.05, 3.63) is 0 Å². The Labute approximate surface area is 105 Å². The minimum atomic E-state index is -0.255. The fourth-order valence-corrected chi connectivity index (χ4v) is 3.02. The zero-order valence-corrected chi connectivity index (χ0v) is 11.0. The lowest BCUT2D eigenvalue weighted by Gasteiger charge is -2.29. The molecule has 0 radical (unpaired) electrons. The number of amides is 1. The monoisotopic (exact) mass is 238 g/mol. The minimum Gasteiger partial charge on any atom is -0.355 e. The van der Waals surface area contributed by atoms with Crippen molar-refractivity contribution < 1.29 is 4.79 Å². The fourth-order valence-electron chi connectivity index (χ4n) is 3.02. The van der Waals surface area contributed by atoms with Gasteiger partial charge in [0.15, 0.2) is 0 Å². The largest absolute Gasteiger partial charge is 0.355 e. The van der Waals surface area contributed by atoms with Crippen molar-refractivity contribution in [1.29, 1.82) is 0 Å².